The van der Waals surface area contributed by atoms with Gasteiger partial charge in [0.25, 0.3) is 0 Å². The molecule has 0 aromatic carbocycles. The highest BCUT2D eigenvalue weighted by atomic mass is 35.6. The van der Waals surface area contributed by atoms with E-state index in [1.54, 1.807) is 0 Å². The van der Waals surface area contributed by atoms with Crippen LogP contribution in [0.4, 0.5) is 22.0 Å². The van der Waals surface area contributed by atoms with Gasteiger partial charge in [-0.05, 0) is 13.8 Å². The first-order chi connectivity index (χ1) is 9.55. The summed E-state index contributed by atoms with van der Waals surface area (Å²) >= 11 is 28.0. The van der Waals surface area contributed by atoms with Crippen LogP contribution in [0.5, 0.6) is 0 Å². The topological polar surface area (TPSA) is 30.7 Å². The van der Waals surface area contributed by atoms with Crippen LogP contribution in [0.3, 0.4) is 0 Å². The molecule has 0 atom stereocenters. The van der Waals surface area contributed by atoms with Crippen molar-refractivity contribution in [1.82, 2.24) is 15.0 Å². The summed E-state index contributed by atoms with van der Waals surface area (Å²) < 4.78 is 60.3. The molecule has 0 spiro atoms. The van der Waals surface area contributed by atoms with Crippen LogP contribution in [-0.2, 0) is 10.3 Å². The van der Waals surface area contributed by atoms with E-state index in [1.807, 2.05) is 0 Å². The van der Waals surface area contributed by atoms with Crippen LogP contribution in [0, 0.1) is 0 Å². The van der Waals surface area contributed by atoms with Gasteiger partial charge in [0.15, 0.2) is 5.69 Å². The largest absolute Gasteiger partial charge is 0.459 e. The lowest BCUT2D eigenvalue weighted by molar-refractivity contribution is -0.291. The van der Waals surface area contributed by atoms with Crippen LogP contribution in [0.15, 0.2) is 0 Å². The standard InChI is InChI=1S/C9H7Cl5F5N3/c1-3(2)22-5(6(10,11)8(12,13)14)4(20-21-22)7(15,16)9(17,18)19/h3H,1-2H3. The predicted molar refractivity (Wildman–Crippen MR) is 74.0 cm³/mol. The summed E-state index contributed by atoms with van der Waals surface area (Å²) in [6.07, 6.45) is -5.96. The molecule has 3 nitrogen and oxygen atoms in total. The second kappa shape index (κ2) is 5.95. The average Bonchev–Trinajstić information content (AvgIpc) is 2.70. The molecule has 0 aliphatic heterocycles. The Bertz CT molecular complexity index is 549. The van der Waals surface area contributed by atoms with Gasteiger partial charge in [0, 0.05) is 6.04 Å². The fraction of sp³-hybridized carbons (Fsp3) is 0.778. The predicted octanol–water partition coefficient (Wildman–Crippen LogP) is 5.51. The van der Waals surface area contributed by atoms with Gasteiger partial charge in [0.05, 0.1) is 0 Å². The number of aromatic nitrogens is 3. The highest BCUT2D eigenvalue weighted by Gasteiger charge is 2.65. The maximum absolute atomic E-state index is 13.6. The minimum Gasteiger partial charge on any atom is -0.243 e. The third-order valence-electron chi connectivity index (χ3n) is 2.49. The van der Waals surface area contributed by atoms with E-state index in [-0.39, 0.29) is 0 Å². The Balaban J connectivity index is 3.72. The summed E-state index contributed by atoms with van der Waals surface area (Å²) in [6, 6.07) is -0.732. The van der Waals surface area contributed by atoms with Gasteiger partial charge in [0.1, 0.15) is 5.69 Å². The number of halogens is 10. The number of rotatable bonds is 3. The van der Waals surface area contributed by atoms with Crippen molar-refractivity contribution in [2.75, 3.05) is 0 Å². The van der Waals surface area contributed by atoms with Gasteiger partial charge in [-0.2, -0.15) is 22.0 Å². The van der Waals surface area contributed by atoms with Crippen molar-refractivity contribution in [2.24, 2.45) is 0 Å². The number of nitrogens with zero attached hydrogens (tertiary/aromatic N) is 3. The summed E-state index contributed by atoms with van der Waals surface area (Å²) in [7, 11) is 0. The lowest BCUT2D eigenvalue weighted by Gasteiger charge is -2.30. The quantitative estimate of drug-likeness (QED) is 0.468. The van der Waals surface area contributed by atoms with Crippen molar-refractivity contribution in [3.63, 3.8) is 0 Å². The fourth-order valence-electron chi connectivity index (χ4n) is 1.43. The Labute approximate surface area is 146 Å². The second-order valence-corrected chi connectivity index (χ2v) is 8.08. The molecule has 0 fully saturated rings. The molecule has 0 unspecified atom stereocenters. The van der Waals surface area contributed by atoms with Crippen LogP contribution in [0.2, 0.25) is 0 Å². The first-order valence-corrected chi connectivity index (χ1v) is 7.29. The van der Waals surface area contributed by atoms with E-state index in [2.05, 4.69) is 10.3 Å². The molecule has 0 aliphatic rings. The maximum atomic E-state index is 13.6. The minimum atomic E-state index is -5.96. The highest BCUT2D eigenvalue weighted by molar-refractivity contribution is 6.75. The van der Waals surface area contributed by atoms with E-state index in [0.29, 0.717) is 4.68 Å². The third-order valence-corrected chi connectivity index (χ3v) is 4.85. The molecule has 1 rings (SSSR count). The summed E-state index contributed by atoms with van der Waals surface area (Å²) in [5.41, 5.74) is -2.88. The molecule has 0 bridgehead atoms. The molecule has 22 heavy (non-hydrogen) atoms. The zero-order chi connectivity index (χ0) is 17.7. The lowest BCUT2D eigenvalue weighted by atomic mass is 10.1. The van der Waals surface area contributed by atoms with Gasteiger partial charge in [-0.1, -0.05) is 63.2 Å². The zero-order valence-electron chi connectivity index (χ0n) is 10.7. The Kier molecular flexibility index (Phi) is 5.49. The molecule has 0 saturated heterocycles. The Hall–Kier alpha value is 0.240. The van der Waals surface area contributed by atoms with E-state index in [0.717, 1.165) is 0 Å². The minimum absolute atomic E-state index is 0.636. The molecular formula is C9H7Cl5F5N3. The summed E-state index contributed by atoms with van der Waals surface area (Å²) in [6.45, 7) is 2.83. The Morgan fingerprint density at radius 3 is 1.73 bits per heavy atom. The number of hydrogen-bond acceptors (Lipinski definition) is 2. The van der Waals surface area contributed by atoms with Gasteiger partial charge in [0.2, 0.25) is 8.13 Å². The van der Waals surface area contributed by atoms with Crippen LogP contribution >= 0.6 is 58.0 Å². The van der Waals surface area contributed by atoms with Crippen molar-refractivity contribution in [1.29, 1.82) is 0 Å². The molecule has 128 valence electrons. The third kappa shape index (κ3) is 3.36. The van der Waals surface area contributed by atoms with Crippen LogP contribution < -0.4 is 0 Å². The highest BCUT2D eigenvalue weighted by Crippen LogP contribution is 2.56. The first-order valence-electron chi connectivity index (χ1n) is 5.40. The van der Waals surface area contributed by atoms with E-state index in [1.165, 1.54) is 13.8 Å². The maximum Gasteiger partial charge on any atom is 0.459 e. The molecule has 1 heterocycles. The van der Waals surface area contributed by atoms with E-state index < -0.39 is 37.7 Å². The average molecular weight is 429 g/mol. The molecule has 13 heteroatoms. The SMILES string of the molecule is CC(C)n1nnc(C(F)(F)C(F)(F)F)c1C(Cl)(Cl)C(Cl)(Cl)Cl. The zero-order valence-corrected chi connectivity index (χ0v) is 14.5. The van der Waals surface area contributed by atoms with Crippen molar-refractivity contribution < 1.29 is 22.0 Å². The monoisotopic (exact) mass is 427 g/mol. The van der Waals surface area contributed by atoms with Gasteiger partial charge >= 0.3 is 12.1 Å². The number of hydrogen-bond donors (Lipinski definition) is 0. The summed E-state index contributed by atoms with van der Waals surface area (Å²) in [5.74, 6) is -5.39. The van der Waals surface area contributed by atoms with E-state index >= 15 is 0 Å². The van der Waals surface area contributed by atoms with Gasteiger partial charge in [-0.3, -0.25) is 0 Å². The molecule has 1 aromatic rings. The van der Waals surface area contributed by atoms with Crippen molar-refractivity contribution in [2.45, 2.75) is 40.1 Å². The molecule has 0 amide bonds. The molecule has 0 saturated carbocycles. The first kappa shape index (κ1) is 20.3. The van der Waals surface area contributed by atoms with Gasteiger partial charge in [-0.15, -0.1) is 5.10 Å². The second-order valence-electron chi connectivity index (χ2n) is 4.47. The van der Waals surface area contributed by atoms with Crippen molar-refractivity contribution >= 4 is 58.0 Å². The van der Waals surface area contributed by atoms with Crippen LogP contribution in [0.1, 0.15) is 31.3 Å². The molecule has 1 aromatic heterocycles. The van der Waals surface area contributed by atoms with Crippen molar-refractivity contribution in [3.8, 4) is 0 Å². The number of alkyl halides is 10. The summed E-state index contributed by atoms with van der Waals surface area (Å²) in [5, 5.41) is 6.07. The smallest absolute Gasteiger partial charge is 0.243 e. The summed E-state index contributed by atoms with van der Waals surface area (Å²) in [4.78, 5) is 0. The van der Waals surface area contributed by atoms with Crippen LogP contribution in [-0.4, -0.2) is 25.0 Å². The van der Waals surface area contributed by atoms with Crippen molar-refractivity contribution in [3.05, 3.63) is 11.4 Å². The van der Waals surface area contributed by atoms with Gasteiger partial charge in [-0.25, -0.2) is 4.68 Å². The molecule has 0 N–H and O–H groups in total. The normalized spacial score (nSPS) is 14.8. The van der Waals surface area contributed by atoms with E-state index in [4.69, 9.17) is 58.0 Å². The molecular weight excluding hydrogens is 422 g/mol. The molecule has 0 radical (unpaired) electrons. The lowest BCUT2D eigenvalue weighted by Crippen LogP contribution is -2.39. The fourth-order valence-corrected chi connectivity index (χ4v) is 2.05. The van der Waals surface area contributed by atoms with Gasteiger partial charge < -0.3 is 0 Å². The van der Waals surface area contributed by atoms with E-state index in [9.17, 15) is 22.0 Å². The van der Waals surface area contributed by atoms with Crippen LogP contribution in [0.25, 0.3) is 0 Å². The Morgan fingerprint density at radius 2 is 1.41 bits per heavy atom. The Morgan fingerprint density at radius 1 is 0.955 bits per heavy atom. The molecule has 0 aliphatic carbocycles.